The molecule has 0 bridgehead atoms. The molecule has 4 rings (SSSR count). The Morgan fingerprint density at radius 3 is 2.38 bits per heavy atom. The van der Waals surface area contributed by atoms with Crippen LogP contribution < -0.4 is 29.0 Å². The van der Waals surface area contributed by atoms with Gasteiger partial charge < -0.3 is 29.5 Å². The Hall–Kier alpha value is -3.28. The van der Waals surface area contributed by atoms with E-state index in [9.17, 15) is 10.0 Å². The molecule has 1 amide bonds. The third-order valence-corrected chi connectivity index (χ3v) is 7.67. The van der Waals surface area contributed by atoms with Crippen molar-refractivity contribution in [3.05, 3.63) is 46.1 Å². The average molecular weight is 531 g/mol. The zero-order valence-electron chi connectivity index (χ0n) is 21.7. The van der Waals surface area contributed by atoms with Crippen LogP contribution in [0, 0.1) is 5.21 Å². The summed E-state index contributed by atoms with van der Waals surface area (Å²) in [6.45, 7) is 4.75. The van der Waals surface area contributed by atoms with E-state index < -0.39 is 0 Å². The van der Waals surface area contributed by atoms with Crippen LogP contribution >= 0.6 is 11.3 Å². The summed E-state index contributed by atoms with van der Waals surface area (Å²) in [4.78, 5) is 17.0. The number of nitrogens with zero attached hydrogens (tertiary/aromatic N) is 3. The number of piperazine rings is 1. The number of nitrogens with one attached hydrogen (secondary N) is 1. The molecule has 0 atom stereocenters. The Labute approximate surface area is 220 Å². The number of hydrogen-bond acceptors (Lipinski definition) is 9. The first-order chi connectivity index (χ1) is 18.0. The van der Waals surface area contributed by atoms with Crippen LogP contribution in [0.5, 0.6) is 23.0 Å². The lowest BCUT2D eigenvalue weighted by atomic mass is 10.1. The number of benzene rings is 2. The molecule has 2 heterocycles. The molecule has 10 nitrogen and oxygen atoms in total. The van der Waals surface area contributed by atoms with E-state index in [-0.39, 0.29) is 5.91 Å². The van der Waals surface area contributed by atoms with Gasteiger partial charge in [-0.05, 0) is 12.1 Å². The smallest absolute Gasteiger partial charge is 0.251 e. The quantitative estimate of drug-likeness (QED) is 0.297. The molecule has 37 heavy (non-hydrogen) atoms. The minimum Gasteiger partial charge on any atom is -0.617 e. The summed E-state index contributed by atoms with van der Waals surface area (Å²) in [7, 11) is 6.44. The van der Waals surface area contributed by atoms with Crippen molar-refractivity contribution in [1.82, 2.24) is 15.1 Å². The number of amides is 1. The second kappa shape index (κ2) is 12.3. The molecule has 11 heteroatoms. The molecule has 0 unspecified atom stereocenters. The van der Waals surface area contributed by atoms with Crippen molar-refractivity contribution in [2.24, 2.45) is 0 Å². The van der Waals surface area contributed by atoms with Gasteiger partial charge in [-0.3, -0.25) is 14.6 Å². The zero-order chi connectivity index (χ0) is 26.4. The predicted molar refractivity (Wildman–Crippen MR) is 142 cm³/mol. The van der Waals surface area contributed by atoms with Crippen molar-refractivity contribution in [3.8, 4) is 23.0 Å². The summed E-state index contributed by atoms with van der Waals surface area (Å²) in [6, 6.07) is 9.29. The number of ether oxygens (including phenoxy) is 4. The number of rotatable bonds is 11. The highest BCUT2D eigenvalue weighted by molar-refractivity contribution is 7.18. The van der Waals surface area contributed by atoms with E-state index in [0.29, 0.717) is 47.3 Å². The Kier molecular flexibility index (Phi) is 8.91. The molecule has 2 aromatic carbocycles. The third-order valence-electron chi connectivity index (χ3n) is 6.51. The molecule has 0 spiro atoms. The van der Waals surface area contributed by atoms with Crippen molar-refractivity contribution in [2.45, 2.75) is 13.0 Å². The van der Waals surface area contributed by atoms with Gasteiger partial charge in [-0.25, -0.2) is 0 Å². The lowest BCUT2D eigenvalue weighted by molar-refractivity contribution is -0.580. The Balaban J connectivity index is 1.23. The molecule has 1 aliphatic rings. The summed E-state index contributed by atoms with van der Waals surface area (Å²) in [5, 5.41) is 16.2. The van der Waals surface area contributed by atoms with Gasteiger partial charge >= 0.3 is 0 Å². The van der Waals surface area contributed by atoms with E-state index in [0.717, 1.165) is 53.5 Å². The van der Waals surface area contributed by atoms with Gasteiger partial charge in [0, 0.05) is 57.0 Å². The lowest BCUT2D eigenvalue weighted by Gasteiger charge is -2.34. The minimum absolute atomic E-state index is 0.0322. The van der Waals surface area contributed by atoms with Gasteiger partial charge in [-0.15, -0.1) is 0 Å². The SMILES string of the molecule is COc1ccc2c(c1)sc(CCNC(=O)CN1CCN(Cc3ccc(OC)c(OC)c3OC)CC1)[n+]2[O-]. The van der Waals surface area contributed by atoms with Crippen LogP contribution in [0.2, 0.25) is 0 Å². The van der Waals surface area contributed by atoms with E-state index in [4.69, 9.17) is 18.9 Å². The van der Waals surface area contributed by atoms with E-state index in [1.54, 1.807) is 40.6 Å². The third kappa shape index (κ3) is 6.17. The molecule has 1 saturated heterocycles. The number of thiazole rings is 1. The second-order valence-corrected chi connectivity index (χ2v) is 9.88. The molecule has 1 N–H and O–H groups in total. The maximum absolute atomic E-state index is 12.5. The van der Waals surface area contributed by atoms with Crippen molar-refractivity contribution in [3.63, 3.8) is 0 Å². The summed E-state index contributed by atoms with van der Waals surface area (Å²) < 4.78 is 23.5. The highest BCUT2D eigenvalue weighted by atomic mass is 32.1. The molecule has 0 saturated carbocycles. The number of fused-ring (bicyclic) bond motifs is 1. The molecule has 0 radical (unpaired) electrons. The van der Waals surface area contributed by atoms with Crippen molar-refractivity contribution in [2.75, 3.05) is 67.7 Å². The maximum Gasteiger partial charge on any atom is 0.251 e. The van der Waals surface area contributed by atoms with Gasteiger partial charge in [0.05, 0.1) is 41.4 Å². The minimum atomic E-state index is -0.0322. The number of hydrogen-bond donors (Lipinski definition) is 1. The van der Waals surface area contributed by atoms with Crippen LogP contribution in [0.3, 0.4) is 0 Å². The molecular weight excluding hydrogens is 496 g/mol. The lowest BCUT2D eigenvalue weighted by Crippen LogP contribution is -2.49. The molecule has 0 aliphatic carbocycles. The molecule has 1 aliphatic heterocycles. The van der Waals surface area contributed by atoms with Gasteiger partial charge in [-0.1, -0.05) is 17.4 Å². The van der Waals surface area contributed by atoms with E-state index in [2.05, 4.69) is 15.1 Å². The summed E-state index contributed by atoms with van der Waals surface area (Å²) >= 11 is 1.43. The highest BCUT2D eigenvalue weighted by Gasteiger charge is 2.23. The van der Waals surface area contributed by atoms with E-state index in [1.165, 1.54) is 11.3 Å². The largest absolute Gasteiger partial charge is 0.617 e. The van der Waals surface area contributed by atoms with Gasteiger partial charge in [0.1, 0.15) is 10.4 Å². The first-order valence-corrected chi connectivity index (χ1v) is 13.0. The monoisotopic (exact) mass is 530 g/mol. The molecular formula is C26H34N4O6S. The number of carbonyl (C=O) groups excluding carboxylic acids is 1. The zero-order valence-corrected chi connectivity index (χ0v) is 22.6. The summed E-state index contributed by atoms with van der Waals surface area (Å²) in [5.41, 5.74) is 1.65. The van der Waals surface area contributed by atoms with E-state index in [1.807, 2.05) is 18.2 Å². The number of carbonyl (C=O) groups is 1. The molecule has 3 aromatic rings. The van der Waals surface area contributed by atoms with Crippen LogP contribution in [-0.4, -0.2) is 83.4 Å². The normalized spacial score (nSPS) is 14.5. The van der Waals surface area contributed by atoms with Gasteiger partial charge in [0.25, 0.3) is 5.01 Å². The van der Waals surface area contributed by atoms with Crippen molar-refractivity contribution >= 4 is 27.5 Å². The Morgan fingerprint density at radius 2 is 1.70 bits per heavy atom. The topological polar surface area (TPSA) is 99.4 Å². The number of methoxy groups -OCH3 is 4. The fraction of sp³-hybridized carbons (Fsp3) is 0.462. The van der Waals surface area contributed by atoms with Crippen LogP contribution in [0.4, 0.5) is 0 Å². The predicted octanol–water partition coefficient (Wildman–Crippen LogP) is 2.05. The molecule has 200 valence electrons. The van der Waals surface area contributed by atoms with Crippen LogP contribution in [0.25, 0.3) is 10.2 Å². The van der Waals surface area contributed by atoms with Gasteiger partial charge in [0.2, 0.25) is 17.2 Å². The number of aromatic nitrogens is 1. The average Bonchev–Trinajstić information content (AvgIpc) is 3.23. The molecule has 1 fully saturated rings. The van der Waals surface area contributed by atoms with Gasteiger partial charge in [0.15, 0.2) is 11.5 Å². The highest BCUT2D eigenvalue weighted by Crippen LogP contribution is 2.40. The van der Waals surface area contributed by atoms with Crippen LogP contribution in [0.15, 0.2) is 30.3 Å². The van der Waals surface area contributed by atoms with Gasteiger partial charge in [-0.2, -0.15) is 4.73 Å². The fourth-order valence-electron chi connectivity index (χ4n) is 4.53. The standard InChI is InChI=1S/C26H34N4O6S/c1-33-19-6-7-20-22(15-19)37-24(30(20)32)9-10-27-23(31)17-29-13-11-28(12-14-29)16-18-5-8-21(34-2)26(36-4)25(18)35-3/h5-8,15H,9-14,16-17H2,1-4H3,(H,27,31). The first kappa shape index (κ1) is 26.8. The van der Waals surface area contributed by atoms with E-state index >= 15 is 0 Å². The summed E-state index contributed by atoms with van der Waals surface area (Å²) in [5.74, 6) is 2.60. The maximum atomic E-state index is 12.5. The first-order valence-electron chi connectivity index (χ1n) is 12.2. The Bertz CT molecular complexity index is 1230. The Morgan fingerprint density at radius 1 is 0.973 bits per heavy atom. The van der Waals surface area contributed by atoms with Crippen LogP contribution in [-0.2, 0) is 17.8 Å². The second-order valence-electron chi connectivity index (χ2n) is 8.77. The summed E-state index contributed by atoms with van der Waals surface area (Å²) in [6.07, 6.45) is 0.484. The van der Waals surface area contributed by atoms with Crippen molar-refractivity contribution in [1.29, 1.82) is 0 Å². The fourth-order valence-corrected chi connectivity index (χ4v) is 5.60. The molecule has 1 aromatic heterocycles. The van der Waals surface area contributed by atoms with Crippen molar-refractivity contribution < 1.29 is 28.5 Å². The van der Waals surface area contributed by atoms with Crippen LogP contribution in [0.1, 0.15) is 10.6 Å².